The first kappa shape index (κ1) is 18.7. The van der Waals surface area contributed by atoms with E-state index in [-0.39, 0.29) is 30.0 Å². The van der Waals surface area contributed by atoms with Gasteiger partial charge in [0.1, 0.15) is 5.76 Å². The van der Waals surface area contributed by atoms with Crippen molar-refractivity contribution in [3.63, 3.8) is 0 Å². The second-order valence-corrected chi connectivity index (χ2v) is 7.05. The number of nitrogens with zero attached hydrogens (tertiary/aromatic N) is 1. The summed E-state index contributed by atoms with van der Waals surface area (Å²) in [5, 5.41) is 8.47. The molecular formula is C17H18N2O5S. The summed E-state index contributed by atoms with van der Waals surface area (Å²) in [6.45, 7) is 1.81. The van der Waals surface area contributed by atoms with Crippen LogP contribution in [0.4, 0.5) is 0 Å². The predicted octanol–water partition coefficient (Wildman–Crippen LogP) is 2.53. The lowest BCUT2D eigenvalue weighted by Gasteiger charge is -2.10. The van der Waals surface area contributed by atoms with Gasteiger partial charge in [-0.3, -0.25) is 0 Å². The molecule has 0 radical (unpaired) electrons. The third-order valence-corrected chi connectivity index (χ3v) is 4.82. The van der Waals surface area contributed by atoms with Gasteiger partial charge in [0.25, 0.3) is 0 Å². The van der Waals surface area contributed by atoms with Gasteiger partial charge < -0.3 is 9.15 Å². The number of nitrogens with one attached hydrogen (secondary N) is 1. The summed E-state index contributed by atoms with van der Waals surface area (Å²) in [5.74, 6) is -0.133. The molecule has 0 unspecified atom stereocenters. The van der Waals surface area contributed by atoms with Gasteiger partial charge in [0, 0.05) is 6.42 Å². The number of ether oxygens (including phenoxy) is 1. The summed E-state index contributed by atoms with van der Waals surface area (Å²) in [5.41, 5.74) is 0.785. The maximum absolute atomic E-state index is 12.4. The van der Waals surface area contributed by atoms with E-state index < -0.39 is 16.0 Å². The van der Waals surface area contributed by atoms with Crippen molar-refractivity contribution in [1.29, 1.82) is 5.26 Å². The van der Waals surface area contributed by atoms with Gasteiger partial charge in [-0.25, -0.2) is 17.9 Å². The summed E-state index contributed by atoms with van der Waals surface area (Å²) >= 11 is 0. The van der Waals surface area contributed by atoms with Gasteiger partial charge in [-0.15, -0.1) is 0 Å². The first-order valence-corrected chi connectivity index (χ1v) is 9.09. The van der Waals surface area contributed by atoms with Gasteiger partial charge in [0.15, 0.2) is 0 Å². The van der Waals surface area contributed by atoms with Crippen molar-refractivity contribution in [3.05, 3.63) is 53.5 Å². The Hall–Kier alpha value is -2.63. The van der Waals surface area contributed by atoms with Crippen LogP contribution in [0.1, 0.15) is 34.5 Å². The van der Waals surface area contributed by atoms with E-state index in [1.807, 2.05) is 6.07 Å². The van der Waals surface area contributed by atoms with Crippen molar-refractivity contribution in [3.8, 4) is 6.07 Å². The number of carbonyl (C=O) groups is 1. The van der Waals surface area contributed by atoms with Crippen molar-refractivity contribution in [2.45, 2.75) is 31.2 Å². The third-order valence-electron chi connectivity index (χ3n) is 3.42. The molecule has 7 nitrogen and oxygen atoms in total. The summed E-state index contributed by atoms with van der Waals surface area (Å²) in [7, 11) is -3.80. The van der Waals surface area contributed by atoms with Crippen LogP contribution in [-0.4, -0.2) is 21.0 Å². The molecule has 0 bridgehead atoms. The zero-order valence-electron chi connectivity index (χ0n) is 13.7. The van der Waals surface area contributed by atoms with Crippen molar-refractivity contribution in [1.82, 2.24) is 4.72 Å². The summed E-state index contributed by atoms with van der Waals surface area (Å²) in [6.07, 6.45) is 2.18. The Morgan fingerprint density at radius 2 is 2.16 bits per heavy atom. The van der Waals surface area contributed by atoms with E-state index in [9.17, 15) is 13.2 Å². The molecule has 8 heteroatoms. The smallest absolute Gasteiger partial charge is 0.338 e. The molecule has 0 atom stereocenters. The summed E-state index contributed by atoms with van der Waals surface area (Å²) < 4.78 is 37.3. The molecule has 1 aromatic carbocycles. The Morgan fingerprint density at radius 3 is 2.84 bits per heavy atom. The molecule has 0 saturated carbocycles. The summed E-state index contributed by atoms with van der Waals surface area (Å²) in [6, 6.07) is 9.53. The van der Waals surface area contributed by atoms with Gasteiger partial charge >= 0.3 is 5.97 Å². The standard InChI is InChI=1S/C17H18N2O5S/c1-13-6-7-15(11-16(13)17(20)24-9-3-2-8-18)25(21,22)19-12-14-5-4-10-23-14/h4-7,10-11,19H,2-3,9,12H2,1H3. The van der Waals surface area contributed by atoms with Crippen LogP contribution < -0.4 is 4.72 Å². The highest BCUT2D eigenvalue weighted by atomic mass is 32.2. The van der Waals surface area contributed by atoms with Crippen LogP contribution in [-0.2, 0) is 21.3 Å². The van der Waals surface area contributed by atoms with Crippen LogP contribution in [0.2, 0.25) is 0 Å². The zero-order chi connectivity index (χ0) is 18.3. The largest absolute Gasteiger partial charge is 0.468 e. The number of esters is 1. The fourth-order valence-corrected chi connectivity index (χ4v) is 3.06. The van der Waals surface area contributed by atoms with Crippen LogP contribution in [0.3, 0.4) is 0 Å². The van der Waals surface area contributed by atoms with Crippen LogP contribution in [0.25, 0.3) is 0 Å². The number of benzene rings is 1. The summed E-state index contributed by atoms with van der Waals surface area (Å²) in [4.78, 5) is 12.1. The molecule has 25 heavy (non-hydrogen) atoms. The van der Waals surface area contributed by atoms with E-state index in [2.05, 4.69) is 4.72 Å². The minimum absolute atomic E-state index is 0.0111. The average Bonchev–Trinajstić information content (AvgIpc) is 3.10. The number of carbonyl (C=O) groups excluding carboxylic acids is 1. The predicted molar refractivity (Wildman–Crippen MR) is 89.0 cm³/mol. The Balaban J connectivity index is 2.11. The van der Waals surface area contributed by atoms with E-state index in [1.165, 1.54) is 18.4 Å². The normalized spacial score (nSPS) is 11.0. The second kappa shape index (κ2) is 8.46. The topological polar surface area (TPSA) is 109 Å². The second-order valence-electron chi connectivity index (χ2n) is 5.28. The monoisotopic (exact) mass is 362 g/mol. The highest BCUT2D eigenvalue weighted by Gasteiger charge is 2.19. The molecule has 0 saturated heterocycles. The molecule has 1 aromatic heterocycles. The van der Waals surface area contributed by atoms with Crippen molar-refractivity contribution in [2.24, 2.45) is 0 Å². The molecule has 0 fully saturated rings. The lowest BCUT2D eigenvalue weighted by Crippen LogP contribution is -2.23. The molecule has 132 valence electrons. The lowest BCUT2D eigenvalue weighted by molar-refractivity contribution is 0.0500. The Kier molecular flexibility index (Phi) is 6.33. The molecule has 0 aliphatic heterocycles. The lowest BCUT2D eigenvalue weighted by atomic mass is 10.1. The van der Waals surface area contributed by atoms with Crippen LogP contribution in [0.5, 0.6) is 0 Å². The van der Waals surface area contributed by atoms with Crippen molar-refractivity contribution in [2.75, 3.05) is 6.61 Å². The first-order chi connectivity index (χ1) is 11.9. The van der Waals surface area contributed by atoms with E-state index in [4.69, 9.17) is 14.4 Å². The Morgan fingerprint density at radius 1 is 1.36 bits per heavy atom. The minimum atomic E-state index is -3.80. The van der Waals surface area contributed by atoms with Gasteiger partial charge in [0.2, 0.25) is 10.0 Å². The molecule has 1 N–H and O–H groups in total. The quantitative estimate of drug-likeness (QED) is 0.571. The van der Waals surface area contributed by atoms with Crippen molar-refractivity contribution < 1.29 is 22.4 Å². The van der Waals surface area contributed by atoms with Crippen LogP contribution in [0, 0.1) is 18.3 Å². The maximum Gasteiger partial charge on any atom is 0.338 e. The fourth-order valence-electron chi connectivity index (χ4n) is 2.04. The molecule has 2 aromatic rings. The van der Waals surface area contributed by atoms with E-state index in [1.54, 1.807) is 25.1 Å². The minimum Gasteiger partial charge on any atom is -0.468 e. The SMILES string of the molecule is Cc1ccc(S(=O)(=O)NCc2ccco2)cc1C(=O)OCCCC#N. The molecule has 0 aliphatic carbocycles. The molecule has 0 aliphatic rings. The number of furan rings is 1. The maximum atomic E-state index is 12.4. The highest BCUT2D eigenvalue weighted by molar-refractivity contribution is 7.89. The van der Waals surface area contributed by atoms with Gasteiger partial charge in [-0.2, -0.15) is 5.26 Å². The molecular weight excluding hydrogens is 344 g/mol. The number of rotatable bonds is 8. The number of hydrogen-bond donors (Lipinski definition) is 1. The fraction of sp³-hybridized carbons (Fsp3) is 0.294. The first-order valence-electron chi connectivity index (χ1n) is 7.61. The van der Waals surface area contributed by atoms with Crippen molar-refractivity contribution >= 4 is 16.0 Å². The zero-order valence-corrected chi connectivity index (χ0v) is 14.5. The number of nitriles is 1. The van der Waals surface area contributed by atoms with E-state index in [0.29, 0.717) is 17.7 Å². The molecule has 2 rings (SSSR count). The van der Waals surface area contributed by atoms with Gasteiger partial charge in [-0.1, -0.05) is 6.07 Å². The number of hydrogen-bond acceptors (Lipinski definition) is 6. The number of aryl methyl sites for hydroxylation is 1. The van der Waals surface area contributed by atoms with E-state index in [0.717, 1.165) is 0 Å². The van der Waals surface area contributed by atoms with Gasteiger partial charge in [-0.05, 0) is 43.2 Å². The number of sulfonamides is 1. The molecule has 0 amide bonds. The van der Waals surface area contributed by atoms with E-state index >= 15 is 0 Å². The highest BCUT2D eigenvalue weighted by Crippen LogP contribution is 2.17. The Labute approximate surface area is 146 Å². The molecule has 1 heterocycles. The number of unbranched alkanes of at least 4 members (excludes halogenated alkanes) is 1. The molecule has 0 spiro atoms. The average molecular weight is 362 g/mol. The van der Waals surface area contributed by atoms with Crippen LogP contribution >= 0.6 is 0 Å². The van der Waals surface area contributed by atoms with Crippen LogP contribution in [0.15, 0.2) is 45.9 Å². The third kappa shape index (κ3) is 5.17. The Bertz CT molecular complexity index is 867. The van der Waals surface area contributed by atoms with Gasteiger partial charge in [0.05, 0.1) is 35.9 Å².